The Hall–Kier alpha value is -3.44. The van der Waals surface area contributed by atoms with Crippen LogP contribution in [0.1, 0.15) is 77.3 Å². The molecule has 37 heavy (non-hydrogen) atoms. The van der Waals surface area contributed by atoms with E-state index in [1.807, 2.05) is 56.3 Å². The number of anilines is 1. The number of primary amides is 1. The zero-order valence-electron chi connectivity index (χ0n) is 21.7. The lowest BCUT2D eigenvalue weighted by atomic mass is 9.80. The van der Waals surface area contributed by atoms with Crippen LogP contribution in [0.4, 0.5) is 5.69 Å². The molecule has 5 nitrogen and oxygen atoms in total. The van der Waals surface area contributed by atoms with Crippen LogP contribution < -0.4 is 11.1 Å². The van der Waals surface area contributed by atoms with Gasteiger partial charge in [0.1, 0.15) is 0 Å². The molecule has 3 fully saturated rings. The second-order valence-corrected chi connectivity index (χ2v) is 10.9. The van der Waals surface area contributed by atoms with Crippen LogP contribution in [0.3, 0.4) is 0 Å². The number of hydrogen-bond donors (Lipinski definition) is 2. The molecule has 4 unspecified atom stereocenters. The minimum atomic E-state index is -0.434. The predicted molar refractivity (Wildman–Crippen MR) is 148 cm³/mol. The number of fused-ring (bicyclic) bond motifs is 3. The summed E-state index contributed by atoms with van der Waals surface area (Å²) >= 11 is 0. The summed E-state index contributed by atoms with van der Waals surface area (Å²) in [7, 11) is 0. The molecule has 2 amide bonds. The number of amides is 2. The average molecular weight is 494 g/mol. The van der Waals surface area contributed by atoms with Gasteiger partial charge in [0.05, 0.1) is 0 Å². The van der Waals surface area contributed by atoms with Gasteiger partial charge in [-0.2, -0.15) is 0 Å². The van der Waals surface area contributed by atoms with Crippen molar-refractivity contribution < 1.29 is 9.59 Å². The summed E-state index contributed by atoms with van der Waals surface area (Å²) in [4.78, 5) is 27.1. The Labute approximate surface area is 219 Å². The van der Waals surface area contributed by atoms with Crippen molar-refractivity contribution >= 4 is 17.5 Å². The molecule has 0 radical (unpaired) electrons. The molecule has 3 aliphatic carbocycles. The maximum atomic E-state index is 13.1. The van der Waals surface area contributed by atoms with E-state index >= 15 is 0 Å². The third-order valence-electron chi connectivity index (χ3n) is 8.75. The molecule has 1 spiro atoms. The quantitative estimate of drug-likeness (QED) is 0.414. The molecule has 0 aromatic heterocycles. The number of nitrogens with two attached hydrogens (primary N) is 1. The Morgan fingerprint density at radius 1 is 0.946 bits per heavy atom. The van der Waals surface area contributed by atoms with Crippen LogP contribution in [0.5, 0.6) is 0 Å². The first-order valence-corrected chi connectivity index (χ1v) is 13.7. The number of carbonyl (C=O) groups is 2. The molecule has 4 atom stereocenters. The normalized spacial score (nSPS) is 26.3. The fourth-order valence-corrected chi connectivity index (χ4v) is 6.69. The number of rotatable bonds is 6. The first-order chi connectivity index (χ1) is 18.0. The number of hydrogen-bond acceptors (Lipinski definition) is 3. The molecule has 5 heteroatoms. The molecule has 4 aliphatic rings. The summed E-state index contributed by atoms with van der Waals surface area (Å²) in [6, 6.07) is 22.1. The van der Waals surface area contributed by atoms with Crippen molar-refractivity contribution in [1.82, 2.24) is 4.90 Å². The summed E-state index contributed by atoms with van der Waals surface area (Å²) < 4.78 is 0. The Balaban J connectivity index is 0.00000123. The van der Waals surface area contributed by atoms with Crippen LogP contribution in [0.15, 0.2) is 66.7 Å². The molecule has 3 N–H and O–H groups in total. The maximum absolute atomic E-state index is 13.1. The van der Waals surface area contributed by atoms with E-state index in [4.69, 9.17) is 5.73 Å². The van der Waals surface area contributed by atoms with E-state index in [2.05, 4.69) is 22.3 Å². The van der Waals surface area contributed by atoms with Gasteiger partial charge in [0.15, 0.2) is 0 Å². The highest BCUT2D eigenvalue weighted by Crippen LogP contribution is 2.64. The fraction of sp³-hybridized carbons (Fsp3) is 0.375. The second kappa shape index (κ2) is 9.14. The molecule has 3 aromatic carbocycles. The van der Waals surface area contributed by atoms with Crippen molar-refractivity contribution in [3.05, 3.63) is 89.0 Å². The lowest BCUT2D eigenvalue weighted by molar-refractivity contribution is 0.0997. The highest BCUT2D eigenvalue weighted by atomic mass is 16.2. The fourth-order valence-electron chi connectivity index (χ4n) is 6.69. The van der Waals surface area contributed by atoms with Gasteiger partial charge in [-0.05, 0) is 103 Å². The summed E-state index contributed by atoms with van der Waals surface area (Å²) in [6.07, 6.45) is 6.52. The van der Waals surface area contributed by atoms with E-state index in [0.29, 0.717) is 17.0 Å². The zero-order chi connectivity index (χ0) is 25.7. The van der Waals surface area contributed by atoms with Gasteiger partial charge < -0.3 is 11.1 Å². The minimum absolute atomic E-state index is 0.0647. The van der Waals surface area contributed by atoms with Crippen molar-refractivity contribution in [2.24, 2.45) is 11.7 Å². The van der Waals surface area contributed by atoms with Gasteiger partial charge >= 0.3 is 0 Å². The number of nitrogens with one attached hydrogen (secondary N) is 1. The van der Waals surface area contributed by atoms with Crippen LogP contribution in [0, 0.1) is 5.92 Å². The molecule has 1 saturated heterocycles. The number of likely N-dealkylation sites (tertiary alicyclic amines) is 1. The molecule has 1 heterocycles. The standard InChI is InChI=1S/C30H29N3O2.C2H6/c31-28(34)21-5-3-19(4-6-21)20-9-11-25(12-10-20)32-29(35)22-7-8-23-15-30-16-24(26(23)13-22)14-27(30)33(30)17-18-1-2-18;1-2/h3-13,18,24,27H,1-2,14-17H2,(H2,31,34)(H,32,35);1-2H3. The van der Waals surface area contributed by atoms with E-state index in [1.54, 1.807) is 12.1 Å². The Bertz CT molecular complexity index is 1340. The van der Waals surface area contributed by atoms with Gasteiger partial charge in [-0.15, -0.1) is 0 Å². The summed E-state index contributed by atoms with van der Waals surface area (Å²) in [6.45, 7) is 5.31. The third kappa shape index (κ3) is 4.25. The predicted octanol–water partition coefficient (Wildman–Crippen LogP) is 6.00. The molecule has 7 rings (SSSR count). The molecule has 1 aliphatic heterocycles. The highest BCUT2D eigenvalue weighted by molar-refractivity contribution is 6.04. The monoisotopic (exact) mass is 493 g/mol. The molecule has 190 valence electrons. The minimum Gasteiger partial charge on any atom is -0.366 e. The van der Waals surface area contributed by atoms with Crippen LogP contribution in [-0.2, 0) is 6.42 Å². The van der Waals surface area contributed by atoms with E-state index in [1.165, 1.54) is 43.4 Å². The van der Waals surface area contributed by atoms with Crippen LogP contribution in [-0.4, -0.2) is 34.8 Å². The molecule has 3 aromatic rings. The Kier molecular flexibility index (Phi) is 5.91. The van der Waals surface area contributed by atoms with Crippen molar-refractivity contribution in [3.63, 3.8) is 0 Å². The van der Waals surface area contributed by atoms with Crippen molar-refractivity contribution in [2.75, 3.05) is 11.9 Å². The van der Waals surface area contributed by atoms with Crippen molar-refractivity contribution in [3.8, 4) is 11.1 Å². The summed E-state index contributed by atoms with van der Waals surface area (Å²) in [5.74, 6) is 1.06. The smallest absolute Gasteiger partial charge is 0.255 e. The Morgan fingerprint density at radius 2 is 1.59 bits per heavy atom. The van der Waals surface area contributed by atoms with Gasteiger partial charge in [-0.1, -0.05) is 44.2 Å². The largest absolute Gasteiger partial charge is 0.366 e. The molecule has 2 saturated carbocycles. The average Bonchev–Trinajstić information content (AvgIpc) is 3.82. The van der Waals surface area contributed by atoms with Crippen LogP contribution >= 0.6 is 0 Å². The van der Waals surface area contributed by atoms with Gasteiger partial charge in [0, 0.05) is 34.9 Å². The number of carbonyl (C=O) groups excluding carboxylic acids is 2. The molecule has 2 bridgehead atoms. The van der Waals surface area contributed by atoms with E-state index in [-0.39, 0.29) is 5.91 Å². The number of piperidine rings is 1. The van der Waals surface area contributed by atoms with Gasteiger partial charge in [-0.25, -0.2) is 0 Å². The van der Waals surface area contributed by atoms with Crippen LogP contribution in [0.25, 0.3) is 11.1 Å². The number of nitrogens with zero attached hydrogens (tertiary/aromatic N) is 1. The zero-order valence-corrected chi connectivity index (χ0v) is 21.7. The SMILES string of the molecule is CC.NC(=O)c1ccc(-c2ccc(NC(=O)c3ccc4c(c3)C3CC5N(CC6CC6)C5(C4)C3)cc2)cc1. The first kappa shape index (κ1) is 23.9. The first-order valence-electron chi connectivity index (χ1n) is 13.7. The highest BCUT2D eigenvalue weighted by Gasteiger charge is 2.69. The van der Waals surface area contributed by atoms with Gasteiger partial charge in [0.2, 0.25) is 5.91 Å². The summed E-state index contributed by atoms with van der Waals surface area (Å²) in [5, 5.41) is 3.05. The Morgan fingerprint density at radius 3 is 2.24 bits per heavy atom. The topological polar surface area (TPSA) is 75.2 Å². The maximum Gasteiger partial charge on any atom is 0.255 e. The summed E-state index contributed by atoms with van der Waals surface area (Å²) in [5.41, 5.74) is 12.6. The van der Waals surface area contributed by atoms with E-state index < -0.39 is 5.91 Å². The van der Waals surface area contributed by atoms with Crippen molar-refractivity contribution in [1.29, 1.82) is 0 Å². The van der Waals surface area contributed by atoms with E-state index in [9.17, 15) is 9.59 Å². The number of benzene rings is 3. The molecular weight excluding hydrogens is 458 g/mol. The van der Waals surface area contributed by atoms with Gasteiger partial charge in [0.25, 0.3) is 5.91 Å². The lowest BCUT2D eigenvalue weighted by Gasteiger charge is -2.30. The van der Waals surface area contributed by atoms with Crippen LogP contribution in [0.2, 0.25) is 0 Å². The molecular formula is C32H35N3O2. The third-order valence-corrected chi connectivity index (χ3v) is 8.75. The lowest BCUT2D eigenvalue weighted by Crippen LogP contribution is -2.29. The van der Waals surface area contributed by atoms with Crippen molar-refractivity contribution in [2.45, 2.75) is 63.5 Å². The second-order valence-electron chi connectivity index (χ2n) is 10.9. The van der Waals surface area contributed by atoms with Gasteiger partial charge in [-0.3, -0.25) is 14.5 Å². The van der Waals surface area contributed by atoms with E-state index in [0.717, 1.165) is 40.8 Å².